The fourth-order valence-corrected chi connectivity index (χ4v) is 4.21. The molecule has 140 valence electrons. The van der Waals surface area contributed by atoms with Gasteiger partial charge >= 0.3 is 0 Å². The normalized spacial score (nSPS) is 20.3. The lowest BCUT2D eigenvalue weighted by Gasteiger charge is -2.22. The minimum Gasteiger partial charge on any atom is -0.358 e. The average molecular weight is 377 g/mol. The zero-order valence-corrected chi connectivity index (χ0v) is 15.9. The number of anilines is 1. The van der Waals surface area contributed by atoms with Gasteiger partial charge in [0.25, 0.3) is 0 Å². The molecule has 8 heteroatoms. The number of aryl methyl sites for hydroxylation is 1. The maximum absolute atomic E-state index is 13.5. The first kappa shape index (κ1) is 18.7. The van der Waals surface area contributed by atoms with E-state index in [0.717, 1.165) is 28.5 Å². The number of likely N-dealkylation sites (N-methyl/N-ethyl adjacent to an activating group) is 1. The van der Waals surface area contributed by atoms with Crippen LogP contribution in [0.1, 0.15) is 30.3 Å². The molecular formula is C18H24FN5OS. The molecule has 2 heterocycles. The number of nitrogens with zero attached hydrogens (tertiary/aromatic N) is 3. The SMILES string of the molecule is CCCc1nnc(N[C@@H]2C[C@@H](C(=O)NC)N(Cc3cccc(F)c3)C2)s1. The molecule has 0 saturated carbocycles. The van der Waals surface area contributed by atoms with E-state index in [1.54, 1.807) is 24.5 Å². The fraction of sp³-hybridized carbons (Fsp3) is 0.500. The van der Waals surface area contributed by atoms with Crippen molar-refractivity contribution < 1.29 is 9.18 Å². The van der Waals surface area contributed by atoms with Crippen LogP contribution < -0.4 is 10.6 Å². The van der Waals surface area contributed by atoms with Gasteiger partial charge < -0.3 is 10.6 Å². The Morgan fingerprint density at radius 3 is 3.00 bits per heavy atom. The summed E-state index contributed by atoms with van der Waals surface area (Å²) in [6, 6.07) is 6.38. The first-order chi connectivity index (χ1) is 12.6. The molecule has 6 nitrogen and oxygen atoms in total. The van der Waals surface area contributed by atoms with Crippen LogP contribution in [-0.4, -0.2) is 46.7 Å². The molecule has 1 amide bonds. The van der Waals surface area contributed by atoms with Crippen LogP contribution >= 0.6 is 11.3 Å². The number of hydrogen-bond acceptors (Lipinski definition) is 6. The van der Waals surface area contributed by atoms with Crippen LogP contribution in [0.3, 0.4) is 0 Å². The highest BCUT2D eigenvalue weighted by atomic mass is 32.1. The molecular weight excluding hydrogens is 353 g/mol. The zero-order valence-electron chi connectivity index (χ0n) is 15.0. The Bertz CT molecular complexity index is 753. The van der Waals surface area contributed by atoms with Gasteiger partial charge in [-0.25, -0.2) is 4.39 Å². The smallest absolute Gasteiger partial charge is 0.237 e. The van der Waals surface area contributed by atoms with E-state index in [1.807, 2.05) is 6.07 Å². The molecule has 0 bridgehead atoms. The molecule has 2 N–H and O–H groups in total. The molecule has 1 aliphatic rings. The lowest BCUT2D eigenvalue weighted by Crippen LogP contribution is -2.41. The maximum Gasteiger partial charge on any atom is 0.237 e. The molecule has 1 fully saturated rings. The second-order valence-electron chi connectivity index (χ2n) is 6.52. The van der Waals surface area contributed by atoms with Crippen molar-refractivity contribution in [3.05, 3.63) is 40.7 Å². The Hall–Kier alpha value is -2.06. The number of carbonyl (C=O) groups excluding carboxylic acids is 1. The second-order valence-corrected chi connectivity index (χ2v) is 7.58. The van der Waals surface area contributed by atoms with Gasteiger partial charge in [0, 0.05) is 32.6 Å². The van der Waals surface area contributed by atoms with Gasteiger partial charge in [-0.2, -0.15) is 0 Å². The van der Waals surface area contributed by atoms with Crippen LogP contribution in [0.15, 0.2) is 24.3 Å². The van der Waals surface area contributed by atoms with Gasteiger partial charge in [0.15, 0.2) is 0 Å². The highest BCUT2D eigenvalue weighted by Crippen LogP contribution is 2.25. The summed E-state index contributed by atoms with van der Waals surface area (Å²) in [6.07, 6.45) is 2.65. The van der Waals surface area contributed by atoms with Gasteiger partial charge in [-0.05, 0) is 30.5 Å². The number of amides is 1. The molecule has 26 heavy (non-hydrogen) atoms. The van der Waals surface area contributed by atoms with Crippen LogP contribution in [0.5, 0.6) is 0 Å². The number of rotatable bonds is 7. The quantitative estimate of drug-likeness (QED) is 0.776. The fourth-order valence-electron chi connectivity index (χ4n) is 3.29. The van der Waals surface area contributed by atoms with Crippen LogP contribution in [0.25, 0.3) is 0 Å². The minimum absolute atomic E-state index is 0.0189. The Labute approximate surface area is 156 Å². The van der Waals surface area contributed by atoms with E-state index < -0.39 is 0 Å². The van der Waals surface area contributed by atoms with E-state index in [-0.39, 0.29) is 23.8 Å². The lowest BCUT2D eigenvalue weighted by atomic mass is 10.1. The molecule has 1 aromatic heterocycles. The number of benzene rings is 1. The van der Waals surface area contributed by atoms with Crippen LogP contribution in [0.2, 0.25) is 0 Å². The van der Waals surface area contributed by atoms with Gasteiger partial charge in [0.1, 0.15) is 10.8 Å². The van der Waals surface area contributed by atoms with Crippen molar-refractivity contribution in [2.24, 2.45) is 0 Å². The molecule has 2 aromatic rings. The number of carbonyl (C=O) groups is 1. The topological polar surface area (TPSA) is 70.1 Å². The maximum atomic E-state index is 13.5. The Morgan fingerprint density at radius 1 is 1.42 bits per heavy atom. The van der Waals surface area contributed by atoms with Crippen molar-refractivity contribution in [2.75, 3.05) is 18.9 Å². The van der Waals surface area contributed by atoms with Gasteiger partial charge in [0.05, 0.1) is 6.04 Å². The molecule has 0 radical (unpaired) electrons. The van der Waals surface area contributed by atoms with Crippen LogP contribution in [0, 0.1) is 5.82 Å². The van der Waals surface area contributed by atoms with Crippen LogP contribution in [-0.2, 0) is 17.8 Å². The van der Waals surface area contributed by atoms with Crippen molar-refractivity contribution in [1.29, 1.82) is 0 Å². The summed E-state index contributed by atoms with van der Waals surface area (Å²) in [5.74, 6) is -0.278. The number of halogens is 1. The summed E-state index contributed by atoms with van der Waals surface area (Å²) in [7, 11) is 1.64. The van der Waals surface area contributed by atoms with Gasteiger partial charge in [-0.3, -0.25) is 9.69 Å². The van der Waals surface area contributed by atoms with E-state index in [1.165, 1.54) is 12.1 Å². The van der Waals surface area contributed by atoms with E-state index in [9.17, 15) is 9.18 Å². The van der Waals surface area contributed by atoms with E-state index in [2.05, 4.69) is 32.7 Å². The summed E-state index contributed by atoms with van der Waals surface area (Å²) < 4.78 is 13.5. The lowest BCUT2D eigenvalue weighted by molar-refractivity contribution is -0.125. The first-order valence-electron chi connectivity index (χ1n) is 8.88. The van der Waals surface area contributed by atoms with Crippen molar-refractivity contribution in [3.8, 4) is 0 Å². The molecule has 3 rings (SSSR count). The molecule has 1 aromatic carbocycles. The highest BCUT2D eigenvalue weighted by molar-refractivity contribution is 7.15. The summed E-state index contributed by atoms with van der Waals surface area (Å²) in [5, 5.41) is 16.3. The molecule has 1 aliphatic heterocycles. The number of nitrogens with one attached hydrogen (secondary N) is 2. The predicted octanol–water partition coefficient (Wildman–Crippen LogP) is 2.43. The number of likely N-dealkylation sites (tertiary alicyclic amines) is 1. The van der Waals surface area contributed by atoms with E-state index >= 15 is 0 Å². The summed E-state index contributed by atoms with van der Waals surface area (Å²) in [6.45, 7) is 3.34. The molecule has 0 aliphatic carbocycles. The Kier molecular flexibility index (Phi) is 6.16. The Morgan fingerprint density at radius 2 is 2.27 bits per heavy atom. The molecule has 0 spiro atoms. The minimum atomic E-state index is -0.259. The molecule has 2 atom stereocenters. The third-order valence-corrected chi connectivity index (χ3v) is 5.40. The first-order valence-corrected chi connectivity index (χ1v) is 9.69. The summed E-state index contributed by atoms with van der Waals surface area (Å²) in [4.78, 5) is 14.4. The predicted molar refractivity (Wildman–Crippen MR) is 101 cm³/mol. The summed E-state index contributed by atoms with van der Waals surface area (Å²) >= 11 is 1.56. The van der Waals surface area contributed by atoms with E-state index in [4.69, 9.17) is 0 Å². The van der Waals surface area contributed by atoms with Gasteiger partial charge in [-0.15, -0.1) is 10.2 Å². The highest BCUT2D eigenvalue weighted by Gasteiger charge is 2.36. The third kappa shape index (κ3) is 4.56. The Balaban J connectivity index is 1.68. The second kappa shape index (κ2) is 8.55. The van der Waals surface area contributed by atoms with Crippen LogP contribution in [0.4, 0.5) is 9.52 Å². The average Bonchev–Trinajstić information content (AvgIpc) is 3.22. The van der Waals surface area contributed by atoms with Crippen molar-refractivity contribution >= 4 is 22.4 Å². The van der Waals surface area contributed by atoms with Crippen molar-refractivity contribution in [3.63, 3.8) is 0 Å². The largest absolute Gasteiger partial charge is 0.358 e. The van der Waals surface area contributed by atoms with Crippen molar-refractivity contribution in [2.45, 2.75) is 44.8 Å². The monoisotopic (exact) mass is 377 g/mol. The summed E-state index contributed by atoms with van der Waals surface area (Å²) in [5.41, 5.74) is 0.862. The van der Waals surface area contributed by atoms with E-state index in [0.29, 0.717) is 19.5 Å². The van der Waals surface area contributed by atoms with Gasteiger partial charge in [0.2, 0.25) is 11.0 Å². The molecule has 0 unspecified atom stereocenters. The molecule has 1 saturated heterocycles. The third-order valence-electron chi connectivity index (χ3n) is 4.49. The van der Waals surface area contributed by atoms with Gasteiger partial charge in [-0.1, -0.05) is 30.4 Å². The standard InChI is InChI=1S/C18H24FN5OS/c1-3-5-16-22-23-18(26-16)21-14-9-15(17(25)20-2)24(11-14)10-12-6-4-7-13(19)8-12/h4,6-8,14-15H,3,5,9-11H2,1-2H3,(H,20,25)(H,21,23)/t14-,15+/m1/s1. The number of hydrogen-bond donors (Lipinski definition) is 2. The zero-order chi connectivity index (χ0) is 18.5. The number of aromatic nitrogens is 2. The van der Waals surface area contributed by atoms with Crippen molar-refractivity contribution in [1.82, 2.24) is 20.4 Å².